The molecule has 0 radical (unpaired) electrons. The summed E-state index contributed by atoms with van der Waals surface area (Å²) in [5.41, 5.74) is 0. The van der Waals surface area contributed by atoms with E-state index in [1.54, 1.807) is 0 Å². The Morgan fingerprint density at radius 1 is 0.200 bits per heavy atom. The predicted octanol–water partition coefficient (Wildman–Crippen LogP) is 25.4. The topological polar surface area (TPSA) is 78.9 Å². The molecule has 0 saturated carbocycles. The maximum Gasteiger partial charge on any atom is 0.306 e. The Balaban J connectivity index is 4.01. The lowest BCUT2D eigenvalue weighted by atomic mass is 10.0. The largest absolute Gasteiger partial charge is 0.462 e. The van der Waals surface area contributed by atoms with Crippen molar-refractivity contribution in [2.45, 2.75) is 444 Å². The highest BCUT2D eigenvalue weighted by molar-refractivity contribution is 5.71. The van der Waals surface area contributed by atoms with Crippen molar-refractivity contribution >= 4 is 17.9 Å². The summed E-state index contributed by atoms with van der Waals surface area (Å²) in [7, 11) is 0. The molecule has 476 valence electrons. The van der Waals surface area contributed by atoms with Gasteiger partial charge in [0.1, 0.15) is 13.2 Å². The van der Waals surface area contributed by atoms with Crippen molar-refractivity contribution in [2.24, 2.45) is 0 Å². The first-order chi connectivity index (χ1) is 39.5. The summed E-state index contributed by atoms with van der Waals surface area (Å²) in [5, 5.41) is 0. The van der Waals surface area contributed by atoms with Crippen LogP contribution < -0.4 is 0 Å². The zero-order valence-electron chi connectivity index (χ0n) is 54.9. The fourth-order valence-corrected chi connectivity index (χ4v) is 11.8. The highest BCUT2D eigenvalue weighted by atomic mass is 16.6. The van der Waals surface area contributed by atoms with Crippen molar-refractivity contribution in [3.63, 3.8) is 0 Å². The Morgan fingerprint density at radius 2 is 0.338 bits per heavy atom. The smallest absolute Gasteiger partial charge is 0.306 e. The van der Waals surface area contributed by atoms with Crippen LogP contribution in [0, 0.1) is 0 Å². The highest BCUT2D eigenvalue weighted by Crippen LogP contribution is 2.20. The third-order valence-electron chi connectivity index (χ3n) is 17.4. The van der Waals surface area contributed by atoms with Crippen LogP contribution in [0.1, 0.15) is 438 Å². The Labute approximate surface area is 501 Å². The van der Waals surface area contributed by atoms with Crippen molar-refractivity contribution in [1.82, 2.24) is 0 Å². The molecular weight excluding hydrogens is 985 g/mol. The van der Waals surface area contributed by atoms with Crippen LogP contribution in [-0.4, -0.2) is 37.2 Å². The van der Waals surface area contributed by atoms with Gasteiger partial charge in [0, 0.05) is 19.3 Å². The first kappa shape index (κ1) is 78.4. The summed E-state index contributed by atoms with van der Waals surface area (Å²) in [6.45, 7) is 6.73. The van der Waals surface area contributed by atoms with Crippen LogP contribution in [0.4, 0.5) is 0 Å². The summed E-state index contributed by atoms with van der Waals surface area (Å²) in [4.78, 5) is 38.3. The lowest BCUT2D eigenvalue weighted by Crippen LogP contribution is -2.30. The standard InChI is InChI=1S/C74H144O6/c1-4-7-10-13-16-19-22-25-27-29-30-31-32-33-34-35-36-37-38-39-40-41-42-43-44-45-46-48-49-52-55-58-61-64-67-73(76)79-70-71(69-78-72(75)66-63-60-57-54-51-24-21-18-15-12-9-6-3)80-74(77)68-65-62-59-56-53-50-47-28-26-23-20-17-14-11-8-5-2/h71H,4-70H2,1-3H3. The molecule has 1 atom stereocenters. The van der Waals surface area contributed by atoms with Crippen LogP contribution in [0.15, 0.2) is 0 Å². The molecule has 6 nitrogen and oxygen atoms in total. The summed E-state index contributed by atoms with van der Waals surface area (Å²) in [6, 6.07) is 0. The van der Waals surface area contributed by atoms with Crippen LogP contribution in [0.2, 0.25) is 0 Å². The number of hydrogen-bond acceptors (Lipinski definition) is 6. The molecule has 0 aromatic rings. The second-order valence-corrected chi connectivity index (χ2v) is 25.6. The quantitative estimate of drug-likeness (QED) is 0.0343. The zero-order valence-corrected chi connectivity index (χ0v) is 54.9. The van der Waals surface area contributed by atoms with E-state index in [1.165, 1.54) is 340 Å². The van der Waals surface area contributed by atoms with Crippen molar-refractivity contribution in [3.05, 3.63) is 0 Å². The normalized spacial score (nSPS) is 11.9. The maximum absolute atomic E-state index is 12.9. The molecule has 0 aliphatic rings. The summed E-state index contributed by atoms with van der Waals surface area (Å²) >= 11 is 0. The van der Waals surface area contributed by atoms with Crippen LogP contribution in [0.25, 0.3) is 0 Å². The Morgan fingerprint density at radius 3 is 0.500 bits per heavy atom. The average molecular weight is 1130 g/mol. The van der Waals surface area contributed by atoms with Gasteiger partial charge >= 0.3 is 17.9 Å². The summed E-state index contributed by atoms with van der Waals surface area (Å²) < 4.78 is 17.0. The minimum Gasteiger partial charge on any atom is -0.462 e. The molecule has 0 bridgehead atoms. The van der Waals surface area contributed by atoms with Gasteiger partial charge in [0.05, 0.1) is 0 Å². The predicted molar refractivity (Wildman–Crippen MR) is 349 cm³/mol. The fourth-order valence-electron chi connectivity index (χ4n) is 11.8. The first-order valence-corrected chi connectivity index (χ1v) is 37.0. The van der Waals surface area contributed by atoms with Gasteiger partial charge < -0.3 is 14.2 Å². The van der Waals surface area contributed by atoms with Crippen LogP contribution >= 0.6 is 0 Å². The van der Waals surface area contributed by atoms with E-state index in [-0.39, 0.29) is 31.1 Å². The highest BCUT2D eigenvalue weighted by Gasteiger charge is 2.20. The number of hydrogen-bond donors (Lipinski definition) is 0. The van der Waals surface area contributed by atoms with Gasteiger partial charge in [-0.1, -0.05) is 400 Å². The van der Waals surface area contributed by atoms with Gasteiger partial charge in [-0.3, -0.25) is 14.4 Å². The minimum atomic E-state index is -0.763. The molecule has 80 heavy (non-hydrogen) atoms. The summed E-state index contributed by atoms with van der Waals surface area (Å²) in [6.07, 6.45) is 83.1. The van der Waals surface area contributed by atoms with E-state index < -0.39 is 6.10 Å². The van der Waals surface area contributed by atoms with Gasteiger partial charge in [-0.2, -0.15) is 0 Å². The van der Waals surface area contributed by atoms with Crippen molar-refractivity contribution in [3.8, 4) is 0 Å². The Hall–Kier alpha value is -1.59. The van der Waals surface area contributed by atoms with Gasteiger partial charge in [0.2, 0.25) is 0 Å². The first-order valence-electron chi connectivity index (χ1n) is 37.0. The zero-order chi connectivity index (χ0) is 57.8. The van der Waals surface area contributed by atoms with E-state index in [4.69, 9.17) is 14.2 Å². The lowest BCUT2D eigenvalue weighted by Gasteiger charge is -2.18. The van der Waals surface area contributed by atoms with Gasteiger partial charge in [0.25, 0.3) is 0 Å². The molecule has 0 aromatic carbocycles. The minimum absolute atomic E-state index is 0.0604. The van der Waals surface area contributed by atoms with E-state index >= 15 is 0 Å². The van der Waals surface area contributed by atoms with Gasteiger partial charge in [-0.25, -0.2) is 0 Å². The molecule has 1 unspecified atom stereocenters. The SMILES string of the molecule is CCCCCCCCCCCCCCCCCCCCCCCCCCCCCCCCCCCCC(=O)OCC(COC(=O)CCCCCCCCCCCCCC)OC(=O)CCCCCCCCCCCCCCCCCC. The number of rotatable bonds is 70. The van der Waals surface area contributed by atoms with Crippen molar-refractivity contribution < 1.29 is 28.6 Å². The van der Waals surface area contributed by atoms with Crippen molar-refractivity contribution in [2.75, 3.05) is 13.2 Å². The Kier molecular flexibility index (Phi) is 68.5. The van der Waals surface area contributed by atoms with E-state index in [0.717, 1.165) is 57.8 Å². The van der Waals surface area contributed by atoms with Crippen LogP contribution in [0.3, 0.4) is 0 Å². The molecule has 0 amide bonds. The lowest BCUT2D eigenvalue weighted by molar-refractivity contribution is -0.167. The second-order valence-electron chi connectivity index (χ2n) is 25.6. The summed E-state index contributed by atoms with van der Waals surface area (Å²) in [5.74, 6) is -0.823. The fraction of sp³-hybridized carbons (Fsp3) is 0.959. The molecule has 6 heteroatoms. The monoisotopic (exact) mass is 1130 g/mol. The number of esters is 3. The number of carbonyl (C=O) groups excluding carboxylic acids is 3. The Bertz CT molecular complexity index is 1200. The third-order valence-corrected chi connectivity index (χ3v) is 17.4. The molecule has 0 saturated heterocycles. The van der Waals surface area contributed by atoms with E-state index in [2.05, 4.69) is 20.8 Å². The molecule has 0 rings (SSSR count). The van der Waals surface area contributed by atoms with Gasteiger partial charge in [-0.05, 0) is 19.3 Å². The molecule has 0 heterocycles. The number of unbranched alkanes of at least 4 members (excludes halogenated alkanes) is 59. The number of carbonyl (C=O) groups is 3. The molecule has 0 N–H and O–H groups in total. The van der Waals surface area contributed by atoms with E-state index in [9.17, 15) is 14.4 Å². The van der Waals surface area contributed by atoms with Crippen LogP contribution in [0.5, 0.6) is 0 Å². The van der Waals surface area contributed by atoms with Gasteiger partial charge in [0.15, 0.2) is 6.10 Å². The third kappa shape index (κ3) is 67.2. The molecule has 0 fully saturated rings. The van der Waals surface area contributed by atoms with E-state index in [1.807, 2.05) is 0 Å². The number of ether oxygens (including phenoxy) is 3. The van der Waals surface area contributed by atoms with Crippen LogP contribution in [-0.2, 0) is 28.6 Å². The molecular formula is C74H144O6. The van der Waals surface area contributed by atoms with E-state index in [0.29, 0.717) is 19.3 Å². The van der Waals surface area contributed by atoms with Crippen molar-refractivity contribution in [1.29, 1.82) is 0 Å². The molecule has 0 aliphatic heterocycles. The van der Waals surface area contributed by atoms with Gasteiger partial charge in [-0.15, -0.1) is 0 Å². The maximum atomic E-state index is 12.9. The molecule has 0 aromatic heterocycles. The average Bonchev–Trinajstić information content (AvgIpc) is 3.46. The molecule has 0 spiro atoms. The molecule has 0 aliphatic carbocycles. The second kappa shape index (κ2) is 69.9.